The summed E-state index contributed by atoms with van der Waals surface area (Å²) in [5, 5.41) is 0. The monoisotopic (exact) mass is 292 g/mol. The van der Waals surface area contributed by atoms with Crippen LogP contribution in [0.25, 0.3) is 0 Å². The van der Waals surface area contributed by atoms with E-state index in [0.29, 0.717) is 26.1 Å². The van der Waals surface area contributed by atoms with Crippen molar-refractivity contribution < 1.29 is 13.2 Å². The number of rotatable bonds is 4. The van der Waals surface area contributed by atoms with Crippen LogP contribution in [-0.4, -0.2) is 49.8 Å². The van der Waals surface area contributed by atoms with Gasteiger partial charge in [-0.3, -0.25) is 0 Å². The zero-order valence-electron chi connectivity index (χ0n) is 12.8. The van der Waals surface area contributed by atoms with Gasteiger partial charge in [-0.05, 0) is 25.7 Å². The first-order valence-electron chi connectivity index (χ1n) is 6.81. The van der Waals surface area contributed by atoms with Crippen molar-refractivity contribution in [3.63, 3.8) is 0 Å². The van der Waals surface area contributed by atoms with E-state index >= 15 is 0 Å². The molecule has 19 heavy (non-hydrogen) atoms. The number of sulfonamides is 1. The summed E-state index contributed by atoms with van der Waals surface area (Å²) in [6, 6.07) is 0. The van der Waals surface area contributed by atoms with Crippen molar-refractivity contribution in [1.82, 2.24) is 4.31 Å². The van der Waals surface area contributed by atoms with Crippen LogP contribution in [0, 0.1) is 5.41 Å². The van der Waals surface area contributed by atoms with E-state index in [2.05, 4.69) is 20.8 Å². The number of nitrogens with zero attached hydrogens (tertiary/aromatic N) is 1. The predicted octanol–water partition coefficient (Wildman–Crippen LogP) is 1.19. The normalized spacial score (nSPS) is 25.5. The quantitative estimate of drug-likeness (QED) is 0.845. The maximum Gasteiger partial charge on any atom is 0.214 e. The van der Waals surface area contributed by atoms with Gasteiger partial charge in [0.2, 0.25) is 10.0 Å². The Labute approximate surface area is 117 Å². The molecule has 2 N–H and O–H groups in total. The van der Waals surface area contributed by atoms with Crippen LogP contribution in [0.15, 0.2) is 0 Å². The number of ether oxygens (including phenoxy) is 1. The van der Waals surface area contributed by atoms with Crippen LogP contribution < -0.4 is 5.73 Å². The summed E-state index contributed by atoms with van der Waals surface area (Å²) >= 11 is 0. The fourth-order valence-electron chi connectivity index (χ4n) is 2.14. The minimum Gasteiger partial charge on any atom is -0.368 e. The van der Waals surface area contributed by atoms with E-state index in [1.165, 1.54) is 0 Å². The van der Waals surface area contributed by atoms with Crippen LogP contribution in [0.1, 0.15) is 41.0 Å². The fourth-order valence-corrected chi connectivity index (χ4v) is 4.17. The molecule has 1 rings (SSSR count). The summed E-state index contributed by atoms with van der Waals surface area (Å²) in [5.74, 6) is 0.184. The lowest BCUT2D eigenvalue weighted by Crippen LogP contribution is -2.56. The van der Waals surface area contributed by atoms with Crippen molar-refractivity contribution in [2.75, 3.05) is 25.4 Å². The van der Waals surface area contributed by atoms with Crippen LogP contribution in [0.2, 0.25) is 0 Å². The molecule has 0 aromatic heterocycles. The molecular weight excluding hydrogens is 264 g/mol. The maximum atomic E-state index is 12.4. The molecule has 1 fully saturated rings. The third-order valence-corrected chi connectivity index (χ3v) is 5.00. The molecular formula is C13H28N2O3S. The summed E-state index contributed by atoms with van der Waals surface area (Å²) in [4.78, 5) is 0. The maximum absolute atomic E-state index is 12.4. The van der Waals surface area contributed by atoms with Crippen molar-refractivity contribution in [1.29, 1.82) is 0 Å². The summed E-state index contributed by atoms with van der Waals surface area (Å²) in [6.07, 6.45) is 0.439. The third-order valence-electron chi connectivity index (χ3n) is 3.22. The molecule has 1 unspecified atom stereocenters. The highest BCUT2D eigenvalue weighted by Gasteiger charge is 2.38. The Balaban J connectivity index is 2.77. The molecule has 0 radical (unpaired) electrons. The molecule has 114 valence electrons. The lowest BCUT2D eigenvalue weighted by Gasteiger charge is -2.42. The second-order valence-corrected chi connectivity index (χ2v) is 9.24. The van der Waals surface area contributed by atoms with Crippen molar-refractivity contribution in [2.45, 2.75) is 52.7 Å². The summed E-state index contributed by atoms with van der Waals surface area (Å²) in [5.41, 5.74) is 5.17. The van der Waals surface area contributed by atoms with Gasteiger partial charge in [-0.2, -0.15) is 4.31 Å². The Morgan fingerprint density at radius 1 is 1.37 bits per heavy atom. The van der Waals surface area contributed by atoms with E-state index in [4.69, 9.17) is 10.5 Å². The largest absolute Gasteiger partial charge is 0.368 e. The molecule has 1 aliphatic heterocycles. The smallest absolute Gasteiger partial charge is 0.214 e. The Bertz CT molecular complexity index is 399. The number of hydrogen-bond acceptors (Lipinski definition) is 4. The average molecular weight is 292 g/mol. The molecule has 0 aliphatic carbocycles. The molecule has 1 heterocycles. The van der Waals surface area contributed by atoms with Gasteiger partial charge >= 0.3 is 0 Å². The van der Waals surface area contributed by atoms with E-state index in [1.807, 2.05) is 13.8 Å². The molecule has 0 bridgehead atoms. The second kappa shape index (κ2) is 5.68. The number of morpholine rings is 1. The van der Waals surface area contributed by atoms with Gasteiger partial charge in [0.1, 0.15) is 0 Å². The predicted molar refractivity (Wildman–Crippen MR) is 77.4 cm³/mol. The lowest BCUT2D eigenvalue weighted by molar-refractivity contribution is -0.112. The number of nitrogens with two attached hydrogens (primary N) is 1. The first-order chi connectivity index (χ1) is 8.45. The molecule has 0 aromatic rings. The zero-order valence-corrected chi connectivity index (χ0v) is 13.6. The second-order valence-electron chi connectivity index (χ2n) is 7.15. The molecule has 1 saturated heterocycles. The molecule has 1 aliphatic rings. The minimum atomic E-state index is -3.23. The van der Waals surface area contributed by atoms with Gasteiger partial charge in [0, 0.05) is 19.6 Å². The van der Waals surface area contributed by atoms with E-state index in [9.17, 15) is 8.42 Å². The van der Waals surface area contributed by atoms with E-state index in [0.717, 1.165) is 0 Å². The van der Waals surface area contributed by atoms with Gasteiger partial charge < -0.3 is 10.5 Å². The first-order valence-corrected chi connectivity index (χ1v) is 8.42. The first kappa shape index (κ1) is 16.9. The Kier molecular flexibility index (Phi) is 5.04. The van der Waals surface area contributed by atoms with E-state index in [-0.39, 0.29) is 17.3 Å². The fraction of sp³-hybridized carbons (Fsp3) is 1.00. The molecule has 0 aromatic carbocycles. The van der Waals surface area contributed by atoms with Gasteiger partial charge in [0.15, 0.2) is 0 Å². The average Bonchev–Trinajstić information content (AvgIpc) is 2.23. The SMILES string of the molecule is CC(C)(C)CCS(=O)(=O)N1CC(CN)OC(C)(C)C1. The highest BCUT2D eigenvalue weighted by Crippen LogP contribution is 2.25. The summed E-state index contributed by atoms with van der Waals surface area (Å²) in [7, 11) is -3.23. The van der Waals surface area contributed by atoms with Crippen molar-refractivity contribution in [3.8, 4) is 0 Å². The molecule has 0 amide bonds. The van der Waals surface area contributed by atoms with Crippen LogP contribution in [-0.2, 0) is 14.8 Å². The van der Waals surface area contributed by atoms with Gasteiger partial charge in [-0.15, -0.1) is 0 Å². The van der Waals surface area contributed by atoms with Gasteiger partial charge in [0.25, 0.3) is 0 Å². The van der Waals surface area contributed by atoms with Gasteiger partial charge in [-0.25, -0.2) is 8.42 Å². The van der Waals surface area contributed by atoms with Crippen LogP contribution in [0.4, 0.5) is 0 Å². The summed E-state index contributed by atoms with van der Waals surface area (Å²) in [6.45, 7) is 11.1. The highest BCUT2D eigenvalue weighted by molar-refractivity contribution is 7.89. The Hall–Kier alpha value is -0.170. The van der Waals surface area contributed by atoms with Crippen LogP contribution in [0.5, 0.6) is 0 Å². The van der Waals surface area contributed by atoms with Crippen molar-refractivity contribution in [3.05, 3.63) is 0 Å². The molecule has 0 spiro atoms. The third kappa shape index (κ3) is 5.38. The lowest BCUT2D eigenvalue weighted by atomic mass is 9.94. The molecule has 6 heteroatoms. The van der Waals surface area contributed by atoms with Crippen molar-refractivity contribution >= 4 is 10.0 Å². The van der Waals surface area contributed by atoms with E-state index < -0.39 is 15.6 Å². The van der Waals surface area contributed by atoms with Crippen LogP contribution in [0.3, 0.4) is 0 Å². The topological polar surface area (TPSA) is 72.6 Å². The standard InChI is InChI=1S/C13H28N2O3S/c1-12(2,3)6-7-19(16,17)15-9-11(8-14)18-13(4,5)10-15/h11H,6-10,14H2,1-5H3. The number of hydrogen-bond donors (Lipinski definition) is 1. The molecule has 0 saturated carbocycles. The van der Waals surface area contributed by atoms with Gasteiger partial charge in [-0.1, -0.05) is 20.8 Å². The summed E-state index contributed by atoms with van der Waals surface area (Å²) < 4.78 is 32.1. The Morgan fingerprint density at radius 2 is 1.95 bits per heavy atom. The minimum absolute atomic E-state index is 0.0160. The van der Waals surface area contributed by atoms with Crippen LogP contribution >= 0.6 is 0 Å². The van der Waals surface area contributed by atoms with Crippen molar-refractivity contribution in [2.24, 2.45) is 11.1 Å². The highest BCUT2D eigenvalue weighted by atomic mass is 32.2. The zero-order chi connectivity index (χ0) is 14.9. The van der Waals surface area contributed by atoms with Gasteiger partial charge in [0.05, 0.1) is 17.5 Å². The molecule has 5 nitrogen and oxygen atoms in total. The Morgan fingerprint density at radius 3 is 2.42 bits per heavy atom. The molecule has 1 atom stereocenters. The van der Waals surface area contributed by atoms with E-state index in [1.54, 1.807) is 4.31 Å².